The first-order valence-electron chi connectivity index (χ1n) is 11.4. The van der Waals surface area contributed by atoms with Crippen molar-refractivity contribution in [2.45, 2.75) is 68.5 Å². The molecule has 0 atom stereocenters. The van der Waals surface area contributed by atoms with Gasteiger partial charge >= 0.3 is 41.9 Å². The second kappa shape index (κ2) is 11.6. The van der Waals surface area contributed by atoms with Crippen molar-refractivity contribution in [3.8, 4) is 11.1 Å². The molecule has 0 heterocycles. The van der Waals surface area contributed by atoms with Gasteiger partial charge in [-0.05, 0) is 20.8 Å². The maximum absolute atomic E-state index is 2.31. The van der Waals surface area contributed by atoms with E-state index < -0.39 is 0 Å². The van der Waals surface area contributed by atoms with Gasteiger partial charge in [0.1, 0.15) is 0 Å². The van der Waals surface area contributed by atoms with Crippen LogP contribution in [0.1, 0.15) is 44.5 Å². The smallest absolute Gasteiger partial charge is 0.0408 e. The van der Waals surface area contributed by atoms with Crippen molar-refractivity contribution in [3.05, 3.63) is 93.0 Å². The zero-order valence-corrected chi connectivity index (χ0v) is 25.1. The second-order valence-electron chi connectivity index (χ2n) is 9.16. The van der Waals surface area contributed by atoms with E-state index in [4.69, 9.17) is 0 Å². The molecule has 166 valence electrons. The fourth-order valence-electron chi connectivity index (χ4n) is 4.14. The van der Waals surface area contributed by atoms with Gasteiger partial charge in [0.25, 0.3) is 0 Å². The molecular formula is C30H38SiZr. The van der Waals surface area contributed by atoms with Crippen molar-refractivity contribution in [1.82, 2.24) is 0 Å². The molecule has 4 rings (SSSR count). The zero-order valence-electron chi connectivity index (χ0n) is 21.6. The summed E-state index contributed by atoms with van der Waals surface area (Å²) in [4.78, 5) is 0. The Kier molecular flexibility index (Phi) is 9.68. The summed E-state index contributed by atoms with van der Waals surface area (Å²) < 4.78 is 0. The van der Waals surface area contributed by atoms with Crippen LogP contribution < -0.4 is 0 Å². The summed E-state index contributed by atoms with van der Waals surface area (Å²) in [7, 11) is 0. The second-order valence-corrected chi connectivity index (χ2v) is 18.5. The molecule has 0 bridgehead atoms. The van der Waals surface area contributed by atoms with Crippen LogP contribution in [0.25, 0.3) is 21.9 Å². The Bertz CT molecular complexity index is 1190. The molecule has 4 aromatic rings. The molecule has 0 unspecified atom stereocenters. The number of hydrogen-bond acceptors (Lipinski definition) is 0. The maximum atomic E-state index is 2.31. The van der Waals surface area contributed by atoms with Crippen LogP contribution in [0.5, 0.6) is 0 Å². The van der Waals surface area contributed by atoms with E-state index in [1.807, 2.05) is 0 Å². The van der Waals surface area contributed by atoms with Gasteiger partial charge in [-0.1, -0.05) is 87.2 Å². The molecule has 0 N–H and O–H groups in total. The average molecular weight is 518 g/mol. The van der Waals surface area contributed by atoms with Crippen molar-refractivity contribution in [2.24, 2.45) is 0 Å². The minimum atomic E-state index is 0.210. The fraction of sp³-hybridized carbons (Fsp3) is 0.333. The molecule has 0 saturated heterocycles. The van der Waals surface area contributed by atoms with Gasteiger partial charge in [-0.25, -0.2) is 0 Å². The third-order valence-electron chi connectivity index (χ3n) is 6.69. The zero-order chi connectivity index (χ0) is 24.2. The van der Waals surface area contributed by atoms with E-state index in [9.17, 15) is 0 Å². The Morgan fingerprint density at radius 3 is 1.56 bits per heavy atom. The Balaban J connectivity index is 0.000000233. The van der Waals surface area contributed by atoms with Crippen LogP contribution in [-0.2, 0) is 23.3 Å². The molecule has 0 aliphatic heterocycles. The van der Waals surface area contributed by atoms with Crippen LogP contribution in [0.3, 0.4) is 0 Å². The van der Waals surface area contributed by atoms with E-state index >= 15 is 0 Å². The van der Waals surface area contributed by atoms with E-state index in [1.54, 1.807) is 23.3 Å². The Morgan fingerprint density at radius 2 is 1.12 bits per heavy atom. The summed E-state index contributed by atoms with van der Waals surface area (Å²) in [5.41, 5.74) is 14.3. The molecule has 0 spiro atoms. The minimum absolute atomic E-state index is 0.210. The predicted molar refractivity (Wildman–Crippen MR) is 142 cm³/mol. The summed E-state index contributed by atoms with van der Waals surface area (Å²) in [6.45, 7) is 22.2. The normalized spacial score (nSPS) is 10.4. The molecule has 0 aliphatic rings. The predicted octanol–water partition coefficient (Wildman–Crippen LogP) is 8.88. The molecule has 4 aromatic carbocycles. The number of benzene rings is 2. The molecule has 2 heteroatoms. The van der Waals surface area contributed by atoms with E-state index in [2.05, 4.69) is 117 Å². The van der Waals surface area contributed by atoms with Crippen molar-refractivity contribution in [3.63, 3.8) is 0 Å². The number of fused-ring (bicyclic) bond motifs is 1. The van der Waals surface area contributed by atoms with Crippen LogP contribution in [-0.4, -0.2) is 5.43 Å². The first-order valence-corrected chi connectivity index (χ1v) is 17.6. The van der Waals surface area contributed by atoms with Crippen LogP contribution >= 0.6 is 0 Å². The summed E-state index contributed by atoms with van der Waals surface area (Å²) in [6, 6.07) is 17.4. The van der Waals surface area contributed by atoms with Gasteiger partial charge in [0.2, 0.25) is 0 Å². The van der Waals surface area contributed by atoms with Crippen molar-refractivity contribution in [2.75, 3.05) is 0 Å². The first-order chi connectivity index (χ1) is 15.0. The van der Waals surface area contributed by atoms with Crippen LogP contribution in [0.2, 0.25) is 13.1 Å². The molecule has 32 heavy (non-hydrogen) atoms. The number of rotatable bonds is 1. The molecule has 0 aromatic heterocycles. The SMILES string of the molecule is C[Si](C)=[Zr+2].Cc1[cH-]c(C)c(C)c1C.Cc1c(C)c(C)c2c(-c3ccccc3)c[cH-]c2c1C. The molecule has 0 saturated carbocycles. The van der Waals surface area contributed by atoms with Crippen LogP contribution in [0.4, 0.5) is 0 Å². The average Bonchev–Trinajstić information content (AvgIpc) is 3.29. The summed E-state index contributed by atoms with van der Waals surface area (Å²) >= 11 is 1.74. The molecular weight excluding hydrogens is 480 g/mol. The van der Waals surface area contributed by atoms with Gasteiger partial charge in [-0.3, -0.25) is 0 Å². The van der Waals surface area contributed by atoms with Gasteiger partial charge in [0, 0.05) is 0 Å². The van der Waals surface area contributed by atoms with Gasteiger partial charge < -0.3 is 0 Å². The van der Waals surface area contributed by atoms with Crippen molar-refractivity contribution < 1.29 is 23.3 Å². The van der Waals surface area contributed by atoms with E-state index in [-0.39, 0.29) is 5.43 Å². The fourth-order valence-corrected chi connectivity index (χ4v) is 4.14. The molecule has 0 radical (unpaired) electrons. The molecule has 0 nitrogen and oxygen atoms in total. The third-order valence-corrected chi connectivity index (χ3v) is 6.69. The molecule has 0 amide bonds. The van der Waals surface area contributed by atoms with Crippen molar-refractivity contribution >= 4 is 16.2 Å². The largest absolute Gasteiger partial charge is 0.196 e. The summed E-state index contributed by atoms with van der Waals surface area (Å²) in [6.07, 6.45) is 0. The number of hydrogen-bond donors (Lipinski definition) is 0. The summed E-state index contributed by atoms with van der Waals surface area (Å²) in [5, 5.41) is 2.83. The van der Waals surface area contributed by atoms with E-state index in [1.165, 1.54) is 66.4 Å². The maximum Gasteiger partial charge on any atom is -0.0408 e. The van der Waals surface area contributed by atoms with E-state index in [0.717, 1.165) is 0 Å². The molecule has 0 aliphatic carbocycles. The Morgan fingerprint density at radius 1 is 0.656 bits per heavy atom. The number of aryl methyl sites for hydroxylation is 4. The Labute approximate surface area is 211 Å². The van der Waals surface area contributed by atoms with Gasteiger partial charge in [0.05, 0.1) is 0 Å². The van der Waals surface area contributed by atoms with Crippen LogP contribution in [0, 0.1) is 55.4 Å². The van der Waals surface area contributed by atoms with Gasteiger partial charge in [0.15, 0.2) is 0 Å². The third kappa shape index (κ3) is 6.09. The molecule has 0 fully saturated rings. The quantitative estimate of drug-likeness (QED) is 0.175. The monoisotopic (exact) mass is 516 g/mol. The first kappa shape index (κ1) is 26.7. The van der Waals surface area contributed by atoms with Gasteiger partial charge in [-0.2, -0.15) is 28.3 Å². The topological polar surface area (TPSA) is 0 Å². The minimum Gasteiger partial charge on any atom is -0.196 e. The standard InChI is InChI=1S/C19H19.C9H13.C2H6Si.Zr/c1-12-13(2)15(4)19-17(14(12)3)10-11-18(19)16-8-6-5-7-9-16;1-6-5-7(2)9(4)8(6)3;1-3-2;/h5-11H,1-4H3;5H,1-4H3;1-2H3;/q2*-1;;+2. The van der Waals surface area contributed by atoms with Crippen molar-refractivity contribution in [1.29, 1.82) is 0 Å². The van der Waals surface area contributed by atoms with E-state index in [0.29, 0.717) is 0 Å². The summed E-state index contributed by atoms with van der Waals surface area (Å²) in [5.74, 6) is 0. The Hall–Kier alpha value is -1.50. The van der Waals surface area contributed by atoms with Crippen LogP contribution in [0.15, 0.2) is 48.5 Å². The van der Waals surface area contributed by atoms with Gasteiger partial charge in [-0.15, -0.1) is 34.0 Å².